The predicted molar refractivity (Wildman–Crippen MR) is 159 cm³/mol. The van der Waals surface area contributed by atoms with Crippen LogP contribution in [0.5, 0.6) is 0 Å². The molecule has 4 heterocycles. The van der Waals surface area contributed by atoms with E-state index in [0.717, 1.165) is 66.9 Å². The third-order valence-corrected chi connectivity index (χ3v) is 7.81. The number of fused-ring (bicyclic) bond motifs is 10. The maximum atomic E-state index is 5.33. The van der Waals surface area contributed by atoms with E-state index in [9.17, 15) is 0 Å². The van der Waals surface area contributed by atoms with Gasteiger partial charge in [-0.1, -0.05) is 59.7 Å². The Morgan fingerprint density at radius 3 is 2.21 bits per heavy atom. The fourth-order valence-corrected chi connectivity index (χ4v) is 5.46. The first kappa shape index (κ1) is 23.7. The van der Waals surface area contributed by atoms with Gasteiger partial charge >= 0.3 is 0 Å². The number of hydrogen-bond donors (Lipinski definition) is 1. The summed E-state index contributed by atoms with van der Waals surface area (Å²) in [6.07, 6.45) is 7.49. The molecule has 0 atom stereocenters. The summed E-state index contributed by atoms with van der Waals surface area (Å²) in [6.45, 7) is 13.5. The SMILES string of the molecule is CC(C)(C)c1cc2c3c(c1)-c1cc(C(C)(C)C)cc(c1=N3)=C1C=NC=C(N1)c1cccc(c1)-c1cncc-2n1. The monoisotopic (exact) mass is 509 g/mol. The van der Waals surface area contributed by atoms with Crippen LogP contribution in [-0.2, 0) is 10.8 Å². The Kier molecular flexibility index (Phi) is 4.90. The van der Waals surface area contributed by atoms with Crippen LogP contribution in [-0.4, -0.2) is 16.2 Å². The van der Waals surface area contributed by atoms with Crippen LogP contribution in [0.25, 0.3) is 45.0 Å². The van der Waals surface area contributed by atoms with Crippen LogP contribution in [0.3, 0.4) is 0 Å². The van der Waals surface area contributed by atoms with Crippen molar-refractivity contribution in [2.75, 3.05) is 0 Å². The van der Waals surface area contributed by atoms with Gasteiger partial charge in [-0.15, -0.1) is 0 Å². The standard InChI is InChI=1S/C34H31N5/c1-33(2,3)21-11-23-24-12-22(34(4,5)6)14-26-30-18-36-16-28(38-30)20-9-7-8-19(10-20)27-15-35-17-29(37-27)25(13-21)31(23)39-32(24)26/h7-18,37H,1-6H3. The largest absolute Gasteiger partial charge is 0.352 e. The smallest absolute Gasteiger partial charge is 0.0914 e. The average molecular weight is 510 g/mol. The molecular formula is C34H31N5. The van der Waals surface area contributed by atoms with Gasteiger partial charge in [0.25, 0.3) is 0 Å². The summed E-state index contributed by atoms with van der Waals surface area (Å²) < 4.78 is 0. The fourth-order valence-electron chi connectivity index (χ4n) is 5.46. The van der Waals surface area contributed by atoms with Crippen LogP contribution in [0.15, 0.2) is 77.1 Å². The molecule has 8 bridgehead atoms. The third-order valence-electron chi connectivity index (χ3n) is 7.81. The predicted octanol–water partition coefficient (Wildman–Crippen LogP) is 6.43. The Hall–Kier alpha value is -4.38. The van der Waals surface area contributed by atoms with Gasteiger partial charge in [0.15, 0.2) is 0 Å². The van der Waals surface area contributed by atoms with Crippen molar-refractivity contribution in [1.82, 2.24) is 15.3 Å². The molecule has 0 saturated carbocycles. The molecule has 5 nitrogen and oxygen atoms in total. The van der Waals surface area contributed by atoms with Gasteiger partial charge in [0.2, 0.25) is 0 Å². The van der Waals surface area contributed by atoms with E-state index in [1.807, 2.05) is 24.8 Å². The molecule has 0 spiro atoms. The first-order valence-electron chi connectivity index (χ1n) is 13.5. The number of nitrogens with one attached hydrogen (secondary N) is 1. The van der Waals surface area contributed by atoms with Crippen molar-refractivity contribution in [2.45, 2.75) is 52.4 Å². The first-order chi connectivity index (χ1) is 18.6. The highest BCUT2D eigenvalue weighted by Crippen LogP contribution is 2.44. The van der Waals surface area contributed by atoms with Crippen LogP contribution < -0.4 is 15.9 Å². The van der Waals surface area contributed by atoms with E-state index in [-0.39, 0.29) is 10.8 Å². The van der Waals surface area contributed by atoms with Crippen LogP contribution in [0.2, 0.25) is 0 Å². The molecule has 0 radical (unpaired) electrons. The Morgan fingerprint density at radius 1 is 0.718 bits per heavy atom. The van der Waals surface area contributed by atoms with E-state index >= 15 is 0 Å². The number of benzene rings is 3. The van der Waals surface area contributed by atoms with E-state index in [1.165, 1.54) is 11.1 Å². The van der Waals surface area contributed by atoms with Gasteiger partial charge in [-0.25, -0.2) is 9.98 Å². The van der Waals surface area contributed by atoms with Crippen molar-refractivity contribution in [3.63, 3.8) is 0 Å². The Bertz CT molecular complexity index is 1900. The molecule has 0 unspecified atom stereocenters. The van der Waals surface area contributed by atoms with Crippen LogP contribution in [0, 0.1) is 0 Å². The molecule has 3 aromatic carbocycles. The number of aliphatic imine (C=N–C) groups is 1. The third kappa shape index (κ3) is 3.84. The molecule has 7 rings (SSSR count). The summed E-state index contributed by atoms with van der Waals surface area (Å²) >= 11 is 0. The molecule has 39 heavy (non-hydrogen) atoms. The van der Waals surface area contributed by atoms with Crippen molar-refractivity contribution < 1.29 is 0 Å². The van der Waals surface area contributed by atoms with Crippen molar-refractivity contribution in [2.24, 2.45) is 9.98 Å². The summed E-state index contributed by atoms with van der Waals surface area (Å²) in [6, 6.07) is 17.6. The van der Waals surface area contributed by atoms with Gasteiger partial charge in [-0.2, -0.15) is 0 Å². The number of nitrogens with zero attached hydrogens (tertiary/aromatic N) is 4. The Morgan fingerprint density at radius 2 is 1.41 bits per heavy atom. The summed E-state index contributed by atoms with van der Waals surface area (Å²) in [7, 11) is 0. The van der Waals surface area contributed by atoms with E-state index in [0.29, 0.717) is 0 Å². The minimum absolute atomic E-state index is 0.0426. The van der Waals surface area contributed by atoms with Gasteiger partial charge in [-0.05, 0) is 52.3 Å². The number of aromatic nitrogens is 2. The topological polar surface area (TPSA) is 62.5 Å². The van der Waals surface area contributed by atoms with Gasteiger partial charge < -0.3 is 5.32 Å². The molecule has 5 heteroatoms. The maximum Gasteiger partial charge on any atom is 0.0914 e. The number of rotatable bonds is 0. The fraction of sp³-hybridized carbons (Fsp3) is 0.235. The highest BCUT2D eigenvalue weighted by Gasteiger charge is 2.27. The van der Waals surface area contributed by atoms with Crippen molar-refractivity contribution in [1.29, 1.82) is 0 Å². The molecular weight excluding hydrogens is 478 g/mol. The maximum absolute atomic E-state index is 5.33. The zero-order valence-corrected chi connectivity index (χ0v) is 23.2. The molecule has 1 aromatic heterocycles. The van der Waals surface area contributed by atoms with Crippen molar-refractivity contribution in [3.8, 4) is 33.6 Å². The second-order valence-corrected chi connectivity index (χ2v) is 12.7. The van der Waals surface area contributed by atoms with Crippen molar-refractivity contribution >= 4 is 23.3 Å². The minimum Gasteiger partial charge on any atom is -0.352 e. The zero-order valence-electron chi connectivity index (χ0n) is 23.2. The lowest BCUT2D eigenvalue weighted by Crippen LogP contribution is -2.35. The molecule has 0 saturated heterocycles. The molecule has 0 fully saturated rings. The second kappa shape index (κ2) is 8.06. The number of hydrogen-bond acceptors (Lipinski definition) is 5. The van der Waals surface area contributed by atoms with Gasteiger partial charge in [0.1, 0.15) is 0 Å². The summed E-state index contributed by atoms with van der Waals surface area (Å²) in [5.41, 5.74) is 12.3. The minimum atomic E-state index is -0.0503. The summed E-state index contributed by atoms with van der Waals surface area (Å²) in [5, 5.41) is 5.70. The molecule has 3 aliphatic heterocycles. The van der Waals surface area contributed by atoms with Crippen molar-refractivity contribution in [3.05, 3.63) is 94.4 Å². The van der Waals surface area contributed by atoms with E-state index < -0.39 is 0 Å². The highest BCUT2D eigenvalue weighted by molar-refractivity contribution is 6.06. The first-order valence-corrected chi connectivity index (χ1v) is 13.5. The lowest BCUT2D eigenvalue weighted by atomic mass is 9.82. The normalized spacial score (nSPS) is 14.8. The van der Waals surface area contributed by atoms with E-state index in [2.05, 4.69) is 105 Å². The molecule has 3 aliphatic rings. The zero-order chi connectivity index (χ0) is 27.1. The van der Waals surface area contributed by atoms with E-state index in [4.69, 9.17) is 9.98 Å². The summed E-state index contributed by atoms with van der Waals surface area (Å²) in [4.78, 5) is 19.8. The Labute approximate surface area is 228 Å². The van der Waals surface area contributed by atoms with Gasteiger partial charge in [-0.3, -0.25) is 9.98 Å². The Balaban J connectivity index is 1.67. The average Bonchev–Trinajstić information content (AvgIpc) is 3.30. The molecule has 192 valence electrons. The lowest BCUT2D eigenvalue weighted by Gasteiger charge is -2.23. The lowest BCUT2D eigenvalue weighted by molar-refractivity contribution is 0.589. The van der Waals surface area contributed by atoms with E-state index in [1.54, 1.807) is 0 Å². The highest BCUT2D eigenvalue weighted by atomic mass is 15.0. The van der Waals surface area contributed by atoms with Gasteiger partial charge in [0, 0.05) is 33.0 Å². The van der Waals surface area contributed by atoms with Gasteiger partial charge in [0.05, 0.1) is 58.6 Å². The molecule has 0 amide bonds. The quantitative estimate of drug-likeness (QED) is 0.262. The molecule has 4 aromatic rings. The molecule has 0 aliphatic carbocycles. The van der Waals surface area contributed by atoms with Crippen LogP contribution in [0.4, 0.5) is 5.69 Å². The van der Waals surface area contributed by atoms with Crippen LogP contribution in [0.1, 0.15) is 58.2 Å². The molecule has 1 N–H and O–H groups in total. The van der Waals surface area contributed by atoms with Crippen LogP contribution >= 0.6 is 0 Å². The second-order valence-electron chi connectivity index (χ2n) is 12.7. The summed E-state index contributed by atoms with van der Waals surface area (Å²) in [5.74, 6) is 0.